The molecule has 1 amide bonds. The van der Waals surface area contributed by atoms with Gasteiger partial charge in [0.25, 0.3) is 0 Å². The van der Waals surface area contributed by atoms with Crippen LogP contribution < -0.4 is 10.0 Å². The largest absolute Gasteiger partial charge is 0.352 e. The minimum Gasteiger partial charge on any atom is -0.352 e. The monoisotopic (exact) mass is 451 g/mol. The van der Waals surface area contributed by atoms with Gasteiger partial charge in [-0.25, -0.2) is 13.4 Å². The maximum absolute atomic E-state index is 13.1. The van der Waals surface area contributed by atoms with Crippen LogP contribution >= 0.6 is 11.3 Å². The van der Waals surface area contributed by atoms with Crippen molar-refractivity contribution in [1.82, 2.24) is 15.0 Å². The molecule has 0 saturated heterocycles. The molecule has 1 heterocycles. The predicted octanol–water partition coefficient (Wildman–Crippen LogP) is 4.24. The van der Waals surface area contributed by atoms with Gasteiger partial charge < -0.3 is 5.32 Å². The van der Waals surface area contributed by atoms with Crippen LogP contribution in [0.15, 0.2) is 23.1 Å². The first kappa shape index (κ1) is 23.2. The van der Waals surface area contributed by atoms with Crippen molar-refractivity contribution in [2.75, 3.05) is 0 Å². The third-order valence-electron chi connectivity index (χ3n) is 6.13. The molecule has 0 radical (unpaired) electrons. The molecule has 1 saturated carbocycles. The highest BCUT2D eigenvalue weighted by atomic mass is 32.2. The van der Waals surface area contributed by atoms with Crippen molar-refractivity contribution < 1.29 is 13.2 Å². The number of aryl methyl sites for hydroxylation is 1. The zero-order valence-corrected chi connectivity index (χ0v) is 20.1. The van der Waals surface area contributed by atoms with Crippen molar-refractivity contribution >= 4 is 37.5 Å². The molecule has 2 N–H and O–H groups in total. The summed E-state index contributed by atoms with van der Waals surface area (Å²) in [7, 11) is -3.83. The molecular weight excluding hydrogens is 418 g/mol. The summed E-state index contributed by atoms with van der Waals surface area (Å²) in [6.07, 6.45) is 3.66. The molecule has 1 aliphatic rings. The average Bonchev–Trinajstić information content (AvgIpc) is 3.03. The van der Waals surface area contributed by atoms with Crippen molar-refractivity contribution in [3.05, 3.63) is 23.2 Å². The Labute approximate surface area is 183 Å². The fourth-order valence-corrected chi connectivity index (χ4v) is 6.37. The van der Waals surface area contributed by atoms with E-state index >= 15 is 0 Å². The van der Waals surface area contributed by atoms with Crippen LogP contribution in [0.5, 0.6) is 0 Å². The summed E-state index contributed by atoms with van der Waals surface area (Å²) in [4.78, 5) is 17.6. The molecule has 1 aliphatic carbocycles. The van der Waals surface area contributed by atoms with Crippen LogP contribution in [0.3, 0.4) is 0 Å². The summed E-state index contributed by atoms with van der Waals surface area (Å²) in [6.45, 7) is 10.3. The quantitative estimate of drug-likeness (QED) is 0.659. The van der Waals surface area contributed by atoms with Gasteiger partial charge in [0.15, 0.2) is 0 Å². The molecule has 4 unspecified atom stereocenters. The van der Waals surface area contributed by atoms with Crippen LogP contribution in [0.1, 0.15) is 58.4 Å². The van der Waals surface area contributed by atoms with Crippen molar-refractivity contribution in [3.8, 4) is 0 Å². The van der Waals surface area contributed by atoms with Gasteiger partial charge in [0.1, 0.15) is 6.04 Å². The highest BCUT2D eigenvalue weighted by Gasteiger charge is 2.32. The fraction of sp³-hybridized carbons (Fsp3) is 0.636. The Hall–Kier alpha value is -1.51. The summed E-state index contributed by atoms with van der Waals surface area (Å²) in [5.74, 6) is 0.889. The van der Waals surface area contributed by atoms with Crippen molar-refractivity contribution in [1.29, 1.82) is 0 Å². The smallest absolute Gasteiger partial charge is 0.241 e. The SMILES string of the molecule is Cc1nc2ccc(S(=O)(=O)NC(CC(C)C)C(=O)NC3CCCC(C)C3C)cc2s1. The zero-order valence-electron chi connectivity index (χ0n) is 18.4. The highest BCUT2D eigenvalue weighted by Crippen LogP contribution is 2.30. The van der Waals surface area contributed by atoms with E-state index in [0.717, 1.165) is 28.1 Å². The number of sulfonamides is 1. The second-order valence-electron chi connectivity index (χ2n) is 9.05. The van der Waals surface area contributed by atoms with Gasteiger partial charge in [0.05, 0.1) is 20.1 Å². The van der Waals surface area contributed by atoms with Gasteiger partial charge in [0, 0.05) is 6.04 Å². The lowest BCUT2D eigenvalue weighted by molar-refractivity contribution is -0.124. The Balaban J connectivity index is 1.79. The summed E-state index contributed by atoms with van der Waals surface area (Å²) in [6, 6.07) is 4.21. The molecule has 1 aromatic carbocycles. The number of fused-ring (bicyclic) bond motifs is 1. The van der Waals surface area contributed by atoms with E-state index in [2.05, 4.69) is 28.9 Å². The van der Waals surface area contributed by atoms with Gasteiger partial charge in [-0.2, -0.15) is 4.72 Å². The van der Waals surface area contributed by atoms with Gasteiger partial charge in [-0.15, -0.1) is 11.3 Å². The van der Waals surface area contributed by atoms with Gasteiger partial charge >= 0.3 is 0 Å². The van der Waals surface area contributed by atoms with E-state index in [1.165, 1.54) is 17.8 Å². The first-order valence-electron chi connectivity index (χ1n) is 10.8. The number of carbonyl (C=O) groups excluding carboxylic acids is 1. The van der Waals surface area contributed by atoms with Crippen LogP contribution in [0, 0.1) is 24.7 Å². The Morgan fingerprint density at radius 3 is 2.70 bits per heavy atom. The summed E-state index contributed by atoms with van der Waals surface area (Å²) < 4.78 is 29.7. The molecule has 1 aromatic heterocycles. The lowest BCUT2D eigenvalue weighted by Crippen LogP contribution is -2.52. The maximum Gasteiger partial charge on any atom is 0.241 e. The van der Waals surface area contributed by atoms with Gasteiger partial charge in [-0.3, -0.25) is 4.79 Å². The van der Waals surface area contributed by atoms with E-state index in [4.69, 9.17) is 0 Å². The van der Waals surface area contributed by atoms with Gasteiger partial charge in [-0.1, -0.05) is 40.5 Å². The first-order valence-corrected chi connectivity index (χ1v) is 13.1. The average molecular weight is 452 g/mol. The molecule has 2 aromatic rings. The fourth-order valence-electron chi connectivity index (χ4n) is 4.19. The molecule has 0 aliphatic heterocycles. The van der Waals surface area contributed by atoms with E-state index in [-0.39, 0.29) is 22.8 Å². The molecular formula is C22H33N3O3S2. The molecule has 0 bridgehead atoms. The number of carbonyl (C=O) groups is 1. The summed E-state index contributed by atoms with van der Waals surface area (Å²) >= 11 is 1.46. The molecule has 8 heteroatoms. The molecule has 166 valence electrons. The Kier molecular flexibility index (Phi) is 7.20. The van der Waals surface area contributed by atoms with Crippen LogP contribution in [-0.2, 0) is 14.8 Å². The van der Waals surface area contributed by atoms with E-state index in [0.29, 0.717) is 18.3 Å². The Bertz CT molecular complexity index is 1000. The maximum atomic E-state index is 13.1. The number of benzene rings is 1. The molecule has 6 nitrogen and oxygen atoms in total. The van der Waals surface area contributed by atoms with E-state index in [1.807, 2.05) is 20.8 Å². The van der Waals surface area contributed by atoms with Crippen molar-refractivity contribution in [2.45, 2.75) is 77.3 Å². The van der Waals surface area contributed by atoms with Crippen LogP contribution in [0.25, 0.3) is 10.2 Å². The lowest BCUT2D eigenvalue weighted by atomic mass is 9.78. The number of nitrogens with one attached hydrogen (secondary N) is 2. The number of hydrogen-bond acceptors (Lipinski definition) is 5. The predicted molar refractivity (Wildman–Crippen MR) is 122 cm³/mol. The number of rotatable bonds is 7. The van der Waals surface area contributed by atoms with Crippen LogP contribution in [-0.4, -0.2) is 31.4 Å². The van der Waals surface area contributed by atoms with Crippen LogP contribution in [0.4, 0.5) is 0 Å². The van der Waals surface area contributed by atoms with E-state index < -0.39 is 16.1 Å². The second-order valence-corrected chi connectivity index (χ2v) is 12.0. The third-order valence-corrected chi connectivity index (χ3v) is 8.54. The number of hydrogen-bond donors (Lipinski definition) is 2. The normalized spacial score (nSPS) is 23.6. The number of thiazole rings is 1. The van der Waals surface area contributed by atoms with Gasteiger partial charge in [-0.05, 0) is 55.7 Å². The standard InChI is InChI=1S/C22H33N3O3S2/c1-13(2)11-20(22(26)24-18-8-6-7-14(3)15(18)4)25-30(27,28)17-9-10-19-21(12-17)29-16(5)23-19/h9-10,12-15,18,20,25H,6-8,11H2,1-5H3,(H,24,26). The summed E-state index contributed by atoms with van der Waals surface area (Å²) in [5.41, 5.74) is 0.785. The lowest BCUT2D eigenvalue weighted by Gasteiger charge is -2.35. The minimum atomic E-state index is -3.83. The Morgan fingerprint density at radius 1 is 1.27 bits per heavy atom. The number of aromatic nitrogens is 1. The third kappa shape index (κ3) is 5.39. The van der Waals surface area contributed by atoms with E-state index in [9.17, 15) is 13.2 Å². The number of nitrogens with zero attached hydrogens (tertiary/aromatic N) is 1. The molecule has 3 rings (SSSR count). The molecule has 1 fully saturated rings. The van der Waals surface area contributed by atoms with E-state index in [1.54, 1.807) is 18.2 Å². The second kappa shape index (κ2) is 9.32. The van der Waals surface area contributed by atoms with Crippen LogP contribution in [0.2, 0.25) is 0 Å². The first-order chi connectivity index (χ1) is 14.1. The summed E-state index contributed by atoms with van der Waals surface area (Å²) in [5, 5.41) is 4.03. The Morgan fingerprint density at radius 2 is 2.00 bits per heavy atom. The minimum absolute atomic E-state index is 0.0944. The molecule has 30 heavy (non-hydrogen) atoms. The van der Waals surface area contributed by atoms with Gasteiger partial charge in [0.2, 0.25) is 15.9 Å². The van der Waals surface area contributed by atoms with Crippen molar-refractivity contribution in [3.63, 3.8) is 0 Å². The zero-order chi connectivity index (χ0) is 22.1. The topological polar surface area (TPSA) is 88.2 Å². The highest BCUT2D eigenvalue weighted by molar-refractivity contribution is 7.89. The number of amides is 1. The molecule has 4 atom stereocenters. The molecule has 0 spiro atoms. The van der Waals surface area contributed by atoms with Crippen molar-refractivity contribution in [2.24, 2.45) is 17.8 Å².